The van der Waals surface area contributed by atoms with E-state index in [2.05, 4.69) is 5.32 Å². The molecule has 2 aromatic heterocycles. The summed E-state index contributed by atoms with van der Waals surface area (Å²) < 4.78 is 35.0. The van der Waals surface area contributed by atoms with Gasteiger partial charge in [0.25, 0.3) is 0 Å². The van der Waals surface area contributed by atoms with Crippen LogP contribution in [-0.4, -0.2) is 15.0 Å². The summed E-state index contributed by atoms with van der Waals surface area (Å²) in [4.78, 5) is 39.4. The number of furan rings is 1. The molecule has 5 aromatic rings. The van der Waals surface area contributed by atoms with Gasteiger partial charge in [-0.1, -0.05) is 24.3 Å². The average Bonchev–Trinajstić information content (AvgIpc) is 3.19. The quantitative estimate of drug-likeness (QED) is 0.454. The van der Waals surface area contributed by atoms with Crippen molar-refractivity contribution in [1.82, 2.24) is 9.13 Å². The minimum atomic E-state index is -0.825. The number of benzene rings is 3. The normalized spacial score (nSPS) is 11.2. The number of carbonyl (C=O) groups excluding carboxylic acids is 1. The predicted molar refractivity (Wildman–Crippen MR) is 119 cm³/mol. The second kappa shape index (κ2) is 7.86. The Morgan fingerprint density at radius 3 is 2.36 bits per heavy atom. The Hall–Kier alpha value is -4.53. The topological polar surface area (TPSA) is 86.2 Å². The number of anilines is 1. The Balaban J connectivity index is 1.73. The number of aromatic nitrogens is 2. The zero-order valence-corrected chi connectivity index (χ0v) is 16.9. The molecule has 5 rings (SSSR count). The van der Waals surface area contributed by atoms with Crippen LogP contribution in [0.5, 0.6) is 0 Å². The third kappa shape index (κ3) is 3.49. The van der Waals surface area contributed by atoms with Crippen LogP contribution < -0.4 is 16.6 Å². The summed E-state index contributed by atoms with van der Waals surface area (Å²) in [5, 5.41) is 2.90. The summed E-state index contributed by atoms with van der Waals surface area (Å²) in [5.41, 5.74) is -1.16. The van der Waals surface area contributed by atoms with E-state index in [4.69, 9.17) is 4.42 Å². The summed E-state index contributed by atoms with van der Waals surface area (Å²) in [6.45, 7) is -0.519. The monoisotopic (exact) mass is 447 g/mol. The molecule has 0 fully saturated rings. The van der Waals surface area contributed by atoms with Crippen molar-refractivity contribution in [3.63, 3.8) is 0 Å². The van der Waals surface area contributed by atoms with Crippen LogP contribution in [0, 0.1) is 11.6 Å². The minimum Gasteiger partial charge on any atom is -0.449 e. The van der Waals surface area contributed by atoms with Crippen molar-refractivity contribution in [1.29, 1.82) is 0 Å². The number of hydrogen-bond acceptors (Lipinski definition) is 4. The van der Waals surface area contributed by atoms with Gasteiger partial charge in [0.2, 0.25) is 11.5 Å². The maximum Gasteiger partial charge on any atom is 0.336 e. The fourth-order valence-electron chi connectivity index (χ4n) is 3.71. The number of para-hydroxylation sites is 2. The van der Waals surface area contributed by atoms with E-state index in [1.807, 2.05) is 0 Å². The van der Waals surface area contributed by atoms with Crippen LogP contribution in [-0.2, 0) is 11.3 Å². The van der Waals surface area contributed by atoms with Gasteiger partial charge >= 0.3 is 11.2 Å². The maximum atomic E-state index is 14.0. The smallest absolute Gasteiger partial charge is 0.336 e. The molecule has 0 spiro atoms. The van der Waals surface area contributed by atoms with E-state index in [9.17, 15) is 23.2 Å². The van der Waals surface area contributed by atoms with Gasteiger partial charge in [0.15, 0.2) is 0 Å². The standard InChI is InChI=1S/C24H15F2N3O4/c25-14-9-11-15(12-10-14)29-23(31)22-21(16-5-1-4-8-19(16)33-22)28(24(29)32)13-20(30)27-18-7-3-2-6-17(18)26/h1-12H,13H2,(H,27,30). The molecule has 7 nitrogen and oxygen atoms in total. The SMILES string of the molecule is O=C(Cn1c(=O)n(-c2ccc(F)cc2)c(=O)c2oc3ccccc3c21)Nc1ccccc1F. The van der Waals surface area contributed by atoms with Crippen molar-refractivity contribution >= 4 is 33.7 Å². The molecular formula is C24H15F2N3O4. The zero-order chi connectivity index (χ0) is 23.1. The van der Waals surface area contributed by atoms with Gasteiger partial charge in [0.05, 0.1) is 11.4 Å². The van der Waals surface area contributed by atoms with Gasteiger partial charge in [0, 0.05) is 5.39 Å². The second-order valence-corrected chi connectivity index (χ2v) is 7.29. The first-order valence-electron chi connectivity index (χ1n) is 9.91. The Kier molecular flexibility index (Phi) is 4.86. The van der Waals surface area contributed by atoms with Crippen molar-refractivity contribution in [2.24, 2.45) is 0 Å². The van der Waals surface area contributed by atoms with E-state index in [-0.39, 0.29) is 22.5 Å². The number of rotatable bonds is 4. The molecule has 1 amide bonds. The summed E-state index contributed by atoms with van der Waals surface area (Å²) >= 11 is 0. The lowest BCUT2D eigenvalue weighted by Crippen LogP contribution is -2.40. The molecule has 0 radical (unpaired) electrons. The molecule has 0 saturated heterocycles. The third-order valence-corrected chi connectivity index (χ3v) is 5.19. The van der Waals surface area contributed by atoms with Gasteiger partial charge < -0.3 is 9.73 Å². The van der Waals surface area contributed by atoms with Crippen molar-refractivity contribution in [2.75, 3.05) is 5.32 Å². The number of hydrogen-bond donors (Lipinski definition) is 1. The zero-order valence-electron chi connectivity index (χ0n) is 16.9. The molecule has 0 aliphatic rings. The first-order chi connectivity index (χ1) is 15.9. The fourth-order valence-corrected chi connectivity index (χ4v) is 3.71. The summed E-state index contributed by atoms with van der Waals surface area (Å²) in [6, 6.07) is 17.1. The molecule has 0 aliphatic heterocycles. The van der Waals surface area contributed by atoms with E-state index in [0.717, 1.165) is 21.3 Å². The summed E-state index contributed by atoms with van der Waals surface area (Å²) in [5.74, 6) is -1.85. The van der Waals surface area contributed by atoms with E-state index >= 15 is 0 Å². The van der Waals surface area contributed by atoms with Crippen molar-refractivity contribution < 1.29 is 18.0 Å². The van der Waals surface area contributed by atoms with E-state index in [1.165, 1.54) is 30.3 Å². The molecule has 0 unspecified atom stereocenters. The minimum absolute atomic E-state index is 0.0456. The number of fused-ring (bicyclic) bond motifs is 3. The van der Waals surface area contributed by atoms with Crippen LogP contribution in [0.4, 0.5) is 14.5 Å². The number of halogens is 2. The molecule has 164 valence electrons. The predicted octanol–water partition coefficient (Wildman–Crippen LogP) is 3.82. The Morgan fingerprint density at radius 1 is 0.909 bits per heavy atom. The average molecular weight is 447 g/mol. The molecular weight excluding hydrogens is 432 g/mol. The van der Waals surface area contributed by atoms with E-state index < -0.39 is 35.3 Å². The van der Waals surface area contributed by atoms with E-state index in [1.54, 1.807) is 30.3 Å². The Labute approximate surface area is 184 Å². The maximum absolute atomic E-state index is 14.0. The molecule has 2 heterocycles. The highest BCUT2D eigenvalue weighted by Crippen LogP contribution is 2.26. The number of amides is 1. The van der Waals surface area contributed by atoms with Crippen molar-refractivity contribution in [3.8, 4) is 5.69 Å². The van der Waals surface area contributed by atoms with Crippen molar-refractivity contribution in [3.05, 3.63) is 105 Å². The van der Waals surface area contributed by atoms with Gasteiger partial charge in [-0.15, -0.1) is 0 Å². The van der Waals surface area contributed by atoms with Crippen LogP contribution >= 0.6 is 0 Å². The number of nitrogens with zero attached hydrogens (tertiary/aromatic N) is 2. The van der Waals surface area contributed by atoms with Crippen molar-refractivity contribution in [2.45, 2.75) is 6.54 Å². The fraction of sp³-hybridized carbons (Fsp3) is 0.0417. The lowest BCUT2D eigenvalue weighted by molar-refractivity contribution is -0.116. The van der Waals surface area contributed by atoms with Crippen LogP contribution in [0.3, 0.4) is 0 Å². The van der Waals surface area contributed by atoms with Gasteiger partial charge in [0.1, 0.15) is 29.3 Å². The second-order valence-electron chi connectivity index (χ2n) is 7.29. The van der Waals surface area contributed by atoms with Gasteiger partial charge in [-0.3, -0.25) is 14.2 Å². The lowest BCUT2D eigenvalue weighted by Gasteiger charge is -2.12. The number of carbonyl (C=O) groups is 1. The highest BCUT2D eigenvalue weighted by Gasteiger charge is 2.22. The first kappa shape index (κ1) is 20.4. The molecule has 0 bridgehead atoms. The highest BCUT2D eigenvalue weighted by atomic mass is 19.1. The third-order valence-electron chi connectivity index (χ3n) is 5.19. The molecule has 1 N–H and O–H groups in total. The largest absolute Gasteiger partial charge is 0.449 e. The molecule has 0 aliphatic carbocycles. The van der Waals surface area contributed by atoms with Gasteiger partial charge in [-0.2, -0.15) is 0 Å². The molecule has 0 saturated carbocycles. The van der Waals surface area contributed by atoms with Crippen LogP contribution in [0.25, 0.3) is 27.8 Å². The lowest BCUT2D eigenvalue weighted by atomic mass is 10.2. The van der Waals surface area contributed by atoms with Gasteiger partial charge in [-0.05, 0) is 48.5 Å². The first-order valence-corrected chi connectivity index (χ1v) is 9.91. The summed E-state index contributed by atoms with van der Waals surface area (Å²) in [7, 11) is 0. The molecule has 0 atom stereocenters. The van der Waals surface area contributed by atoms with Crippen LogP contribution in [0.15, 0.2) is 86.8 Å². The highest BCUT2D eigenvalue weighted by molar-refractivity contribution is 6.03. The Bertz CT molecular complexity index is 1650. The molecule has 3 aromatic carbocycles. The Morgan fingerprint density at radius 2 is 1.61 bits per heavy atom. The summed E-state index contributed by atoms with van der Waals surface area (Å²) in [6.07, 6.45) is 0. The molecule has 9 heteroatoms. The van der Waals surface area contributed by atoms with E-state index in [0.29, 0.717) is 11.0 Å². The van der Waals surface area contributed by atoms with Crippen LogP contribution in [0.2, 0.25) is 0 Å². The van der Waals surface area contributed by atoms with Gasteiger partial charge in [-0.25, -0.2) is 18.1 Å². The molecule has 33 heavy (non-hydrogen) atoms. The number of nitrogens with one attached hydrogen (secondary N) is 1. The van der Waals surface area contributed by atoms with Crippen LogP contribution in [0.1, 0.15) is 0 Å².